The summed E-state index contributed by atoms with van der Waals surface area (Å²) < 4.78 is 15.9. The molecule has 0 saturated carbocycles. The second-order valence-corrected chi connectivity index (χ2v) is 7.91. The van der Waals surface area contributed by atoms with Gasteiger partial charge in [0.25, 0.3) is 5.91 Å². The minimum absolute atomic E-state index is 0.101. The van der Waals surface area contributed by atoms with Gasteiger partial charge in [0.2, 0.25) is 0 Å². The Morgan fingerprint density at radius 3 is 2.44 bits per heavy atom. The van der Waals surface area contributed by atoms with E-state index in [1.54, 1.807) is 31.4 Å². The Morgan fingerprint density at radius 2 is 1.79 bits per heavy atom. The van der Waals surface area contributed by atoms with Gasteiger partial charge in [-0.3, -0.25) is 4.79 Å². The highest BCUT2D eigenvalue weighted by atomic mass is 32.1. The third kappa shape index (κ3) is 6.33. The number of ether oxygens (including phenoxy) is 3. The molecule has 0 spiro atoms. The summed E-state index contributed by atoms with van der Waals surface area (Å²) in [6.45, 7) is 4.81. The normalized spacial score (nSPS) is 15.6. The average molecular weight is 484 g/mol. The number of nitrogens with zero attached hydrogens (tertiary/aromatic N) is 1. The number of esters is 1. The summed E-state index contributed by atoms with van der Waals surface area (Å²) in [6, 6.07) is 15.9. The number of amides is 1. The number of hydrogen-bond donors (Lipinski definition) is 2. The smallest absolute Gasteiger partial charge is 0.338 e. The molecule has 1 unspecified atom stereocenters. The molecule has 0 aromatic heterocycles. The third-order valence-electron chi connectivity index (χ3n) is 5.29. The topological polar surface area (TPSA) is 89.1 Å². The predicted octanol–water partition coefficient (Wildman–Crippen LogP) is 3.42. The number of anilines is 1. The van der Waals surface area contributed by atoms with Crippen molar-refractivity contribution in [2.75, 3.05) is 38.8 Å². The second kappa shape index (κ2) is 12.2. The van der Waals surface area contributed by atoms with Crippen LogP contribution in [-0.2, 0) is 19.1 Å². The SMILES string of the molecule is CCN1C(=S)NC(c2ccc(NC(=O)COc3ccccc3)cc2)C(C(=O)OCCOC)=C1C. The van der Waals surface area contributed by atoms with Crippen LogP contribution in [0.4, 0.5) is 5.69 Å². The number of hydrogen-bond acceptors (Lipinski definition) is 6. The van der Waals surface area contributed by atoms with Gasteiger partial charge in [-0.05, 0) is 55.9 Å². The summed E-state index contributed by atoms with van der Waals surface area (Å²) in [5.74, 6) is -0.0747. The molecule has 2 aromatic rings. The maximum absolute atomic E-state index is 12.9. The lowest BCUT2D eigenvalue weighted by Crippen LogP contribution is -2.47. The lowest BCUT2D eigenvalue weighted by Gasteiger charge is -2.37. The number of methoxy groups -OCH3 is 1. The first kappa shape index (κ1) is 25.2. The van der Waals surface area contributed by atoms with Crippen molar-refractivity contribution in [3.05, 3.63) is 71.4 Å². The van der Waals surface area contributed by atoms with E-state index in [1.807, 2.05) is 49.1 Å². The average Bonchev–Trinajstić information content (AvgIpc) is 2.84. The Bertz CT molecular complexity index is 1040. The van der Waals surface area contributed by atoms with E-state index in [0.29, 0.717) is 35.3 Å². The number of carbonyl (C=O) groups is 2. The van der Waals surface area contributed by atoms with E-state index in [-0.39, 0.29) is 19.1 Å². The lowest BCUT2D eigenvalue weighted by molar-refractivity contribution is -0.140. The van der Waals surface area contributed by atoms with Crippen LogP contribution < -0.4 is 15.4 Å². The van der Waals surface area contributed by atoms with Gasteiger partial charge in [0.15, 0.2) is 11.7 Å². The molecule has 0 radical (unpaired) electrons. The summed E-state index contributed by atoms with van der Waals surface area (Å²) in [7, 11) is 1.55. The maximum Gasteiger partial charge on any atom is 0.338 e. The van der Waals surface area contributed by atoms with Crippen LogP contribution in [0.15, 0.2) is 65.9 Å². The third-order valence-corrected chi connectivity index (χ3v) is 5.63. The highest BCUT2D eigenvalue weighted by Crippen LogP contribution is 2.32. The summed E-state index contributed by atoms with van der Waals surface area (Å²) >= 11 is 5.52. The zero-order valence-electron chi connectivity index (χ0n) is 19.5. The molecular weight excluding hydrogens is 454 g/mol. The maximum atomic E-state index is 12.9. The minimum Gasteiger partial charge on any atom is -0.484 e. The Balaban J connectivity index is 1.72. The summed E-state index contributed by atoms with van der Waals surface area (Å²) in [5, 5.41) is 6.59. The van der Waals surface area contributed by atoms with E-state index < -0.39 is 12.0 Å². The van der Waals surface area contributed by atoms with Gasteiger partial charge in [-0.2, -0.15) is 0 Å². The van der Waals surface area contributed by atoms with Gasteiger partial charge in [0.1, 0.15) is 12.4 Å². The van der Waals surface area contributed by atoms with Crippen molar-refractivity contribution < 1.29 is 23.8 Å². The zero-order chi connectivity index (χ0) is 24.5. The Labute approximate surface area is 204 Å². The molecule has 2 aromatic carbocycles. The number of para-hydroxylation sites is 1. The second-order valence-electron chi connectivity index (χ2n) is 7.53. The molecule has 1 aliphatic rings. The molecule has 34 heavy (non-hydrogen) atoms. The number of benzene rings is 2. The van der Waals surface area contributed by atoms with Crippen LogP contribution in [0.1, 0.15) is 25.5 Å². The fourth-order valence-electron chi connectivity index (χ4n) is 3.59. The molecule has 0 bridgehead atoms. The summed E-state index contributed by atoms with van der Waals surface area (Å²) in [5.41, 5.74) is 2.66. The molecule has 1 atom stereocenters. The van der Waals surface area contributed by atoms with Crippen molar-refractivity contribution in [3.63, 3.8) is 0 Å². The van der Waals surface area contributed by atoms with Crippen molar-refractivity contribution in [1.29, 1.82) is 0 Å². The van der Waals surface area contributed by atoms with Crippen molar-refractivity contribution in [1.82, 2.24) is 10.2 Å². The number of rotatable bonds is 10. The van der Waals surface area contributed by atoms with Crippen LogP contribution >= 0.6 is 12.2 Å². The highest BCUT2D eigenvalue weighted by molar-refractivity contribution is 7.80. The van der Waals surface area contributed by atoms with E-state index in [4.69, 9.17) is 26.4 Å². The number of nitrogens with one attached hydrogen (secondary N) is 2. The van der Waals surface area contributed by atoms with Crippen LogP contribution in [0.2, 0.25) is 0 Å². The van der Waals surface area contributed by atoms with Crippen LogP contribution in [0.3, 0.4) is 0 Å². The van der Waals surface area contributed by atoms with E-state index in [9.17, 15) is 9.59 Å². The molecule has 3 rings (SSSR count). The van der Waals surface area contributed by atoms with Gasteiger partial charge in [-0.25, -0.2) is 4.79 Å². The lowest BCUT2D eigenvalue weighted by atomic mass is 9.95. The quantitative estimate of drug-likeness (QED) is 0.302. The van der Waals surface area contributed by atoms with Crippen molar-refractivity contribution in [2.45, 2.75) is 19.9 Å². The standard InChI is InChI=1S/C25H29N3O5S/c1-4-28-17(2)22(24(30)32-15-14-31-3)23(27-25(28)34)18-10-12-19(13-11-18)26-21(29)16-33-20-8-6-5-7-9-20/h5-13,23H,4,14-16H2,1-3H3,(H,26,29)(H,27,34). The van der Waals surface area contributed by atoms with Gasteiger partial charge in [-0.15, -0.1) is 0 Å². The Kier molecular flexibility index (Phi) is 9.00. The molecule has 0 aliphatic carbocycles. The Hall–Kier alpha value is -3.43. The fraction of sp³-hybridized carbons (Fsp3) is 0.320. The van der Waals surface area contributed by atoms with Crippen LogP contribution in [0.5, 0.6) is 5.75 Å². The number of thiocarbonyl (C=S) groups is 1. The van der Waals surface area contributed by atoms with Crippen molar-refractivity contribution in [3.8, 4) is 5.75 Å². The van der Waals surface area contributed by atoms with E-state index in [2.05, 4.69) is 10.6 Å². The van der Waals surface area contributed by atoms with Gasteiger partial charge in [0.05, 0.1) is 18.2 Å². The van der Waals surface area contributed by atoms with Gasteiger partial charge in [-0.1, -0.05) is 30.3 Å². The molecule has 9 heteroatoms. The minimum atomic E-state index is -0.475. The first-order valence-electron chi connectivity index (χ1n) is 11.0. The molecule has 0 fully saturated rings. The molecule has 8 nitrogen and oxygen atoms in total. The van der Waals surface area contributed by atoms with Gasteiger partial charge >= 0.3 is 5.97 Å². The number of allylic oxidation sites excluding steroid dienone is 1. The van der Waals surface area contributed by atoms with E-state index in [1.165, 1.54) is 0 Å². The predicted molar refractivity (Wildman–Crippen MR) is 133 cm³/mol. The molecule has 1 aliphatic heterocycles. The molecule has 180 valence electrons. The fourth-order valence-corrected chi connectivity index (χ4v) is 3.98. The van der Waals surface area contributed by atoms with Gasteiger partial charge < -0.3 is 29.7 Å². The van der Waals surface area contributed by atoms with Crippen LogP contribution in [-0.4, -0.2) is 55.4 Å². The van der Waals surface area contributed by atoms with Gasteiger partial charge in [0, 0.05) is 25.0 Å². The Morgan fingerprint density at radius 1 is 1.09 bits per heavy atom. The highest BCUT2D eigenvalue weighted by Gasteiger charge is 2.34. The monoisotopic (exact) mass is 483 g/mol. The van der Waals surface area contributed by atoms with Crippen LogP contribution in [0, 0.1) is 0 Å². The summed E-state index contributed by atoms with van der Waals surface area (Å²) in [4.78, 5) is 27.0. The first-order chi connectivity index (χ1) is 16.4. The zero-order valence-corrected chi connectivity index (χ0v) is 20.3. The van der Waals surface area contributed by atoms with E-state index in [0.717, 1.165) is 11.3 Å². The molecule has 1 amide bonds. The summed E-state index contributed by atoms with van der Waals surface area (Å²) in [6.07, 6.45) is 0. The van der Waals surface area contributed by atoms with Crippen molar-refractivity contribution in [2.24, 2.45) is 0 Å². The first-order valence-corrected chi connectivity index (χ1v) is 11.4. The van der Waals surface area contributed by atoms with Crippen LogP contribution in [0.25, 0.3) is 0 Å². The molecular formula is C25H29N3O5S. The number of carbonyl (C=O) groups excluding carboxylic acids is 2. The largest absolute Gasteiger partial charge is 0.484 e. The molecule has 2 N–H and O–H groups in total. The van der Waals surface area contributed by atoms with Crippen molar-refractivity contribution >= 4 is 34.9 Å². The molecule has 1 heterocycles. The molecule has 0 saturated heterocycles. The van der Waals surface area contributed by atoms with E-state index >= 15 is 0 Å².